The van der Waals surface area contributed by atoms with Crippen molar-refractivity contribution in [2.45, 2.75) is 0 Å². The molecule has 1 N–H and O–H groups in total. The molecule has 0 saturated carbocycles. The van der Waals surface area contributed by atoms with Crippen molar-refractivity contribution < 1.29 is 19.1 Å². The Labute approximate surface area is 179 Å². The predicted octanol–water partition coefficient (Wildman–Crippen LogP) is 4.03. The topological polar surface area (TPSA) is 101 Å². The molecule has 1 saturated heterocycles. The van der Waals surface area contributed by atoms with E-state index in [1.165, 1.54) is 18.9 Å². The average molecular weight is 472 g/mol. The predicted molar refractivity (Wildman–Crippen MR) is 114 cm³/mol. The van der Waals surface area contributed by atoms with Crippen LogP contribution in [0.1, 0.15) is 15.9 Å². The monoisotopic (exact) mass is 471 g/mol. The number of benzene rings is 2. The standard InChI is InChI=1S/C20H14BrN3O4S/c1-27-19(26)12-2-5-15(6-3-12)23-20-24-18(25)17(29-20)11-13-10-14(21)4-7-16(13)28-9-8-22/h2-7,10-11H,9H2,1H3,(H,23,24,25)/b17-11+. The maximum absolute atomic E-state index is 12.3. The van der Waals surface area contributed by atoms with Crippen LogP contribution in [0.5, 0.6) is 5.75 Å². The fourth-order valence-corrected chi connectivity index (χ4v) is 3.61. The molecule has 1 amide bonds. The number of nitrogens with zero attached hydrogens (tertiary/aromatic N) is 2. The number of nitriles is 1. The van der Waals surface area contributed by atoms with Gasteiger partial charge in [0.1, 0.15) is 11.8 Å². The lowest BCUT2D eigenvalue weighted by molar-refractivity contribution is -0.115. The van der Waals surface area contributed by atoms with Crippen LogP contribution >= 0.6 is 27.7 Å². The van der Waals surface area contributed by atoms with Crippen LogP contribution in [-0.2, 0) is 9.53 Å². The number of nitrogens with one attached hydrogen (secondary N) is 1. The highest BCUT2D eigenvalue weighted by Crippen LogP contribution is 2.32. The van der Waals surface area contributed by atoms with Gasteiger partial charge in [-0.3, -0.25) is 4.79 Å². The number of methoxy groups -OCH3 is 1. The third-order valence-electron chi connectivity index (χ3n) is 3.72. The minimum Gasteiger partial charge on any atom is -0.478 e. The van der Waals surface area contributed by atoms with E-state index in [4.69, 9.17) is 10.00 Å². The Bertz CT molecular complexity index is 1060. The SMILES string of the molecule is COC(=O)c1ccc(N=C2NC(=O)/C(=C\c3cc(Br)ccc3OCC#N)S2)cc1. The molecule has 1 heterocycles. The van der Waals surface area contributed by atoms with E-state index in [2.05, 4.69) is 31.0 Å². The molecular formula is C20H14BrN3O4S. The number of thioether (sulfide) groups is 1. The molecule has 146 valence electrons. The van der Waals surface area contributed by atoms with E-state index >= 15 is 0 Å². The van der Waals surface area contributed by atoms with Gasteiger partial charge in [-0.15, -0.1) is 0 Å². The first kappa shape index (κ1) is 20.6. The van der Waals surface area contributed by atoms with Gasteiger partial charge in [-0.05, 0) is 60.3 Å². The number of carbonyl (C=O) groups is 2. The van der Waals surface area contributed by atoms with Crippen LogP contribution in [0.4, 0.5) is 5.69 Å². The number of aliphatic imine (C=N–C) groups is 1. The molecule has 0 spiro atoms. The van der Waals surface area contributed by atoms with E-state index in [1.807, 2.05) is 6.07 Å². The summed E-state index contributed by atoms with van der Waals surface area (Å²) in [6.07, 6.45) is 1.68. The quantitative estimate of drug-likeness (QED) is 0.521. The molecule has 1 aliphatic heterocycles. The number of hydrogen-bond acceptors (Lipinski definition) is 7. The molecule has 0 radical (unpaired) electrons. The minimum absolute atomic E-state index is 0.0918. The molecule has 0 unspecified atom stereocenters. The lowest BCUT2D eigenvalue weighted by Crippen LogP contribution is -2.19. The highest BCUT2D eigenvalue weighted by molar-refractivity contribution is 9.10. The molecular weight excluding hydrogens is 458 g/mol. The summed E-state index contributed by atoms with van der Waals surface area (Å²) in [6.45, 7) is -0.0918. The van der Waals surface area contributed by atoms with Crippen molar-refractivity contribution in [1.29, 1.82) is 5.26 Å². The first-order valence-electron chi connectivity index (χ1n) is 8.27. The summed E-state index contributed by atoms with van der Waals surface area (Å²) in [7, 11) is 1.32. The highest BCUT2D eigenvalue weighted by atomic mass is 79.9. The molecule has 2 aromatic rings. The van der Waals surface area contributed by atoms with Crippen LogP contribution in [0.15, 0.2) is 56.8 Å². The maximum atomic E-state index is 12.3. The van der Waals surface area contributed by atoms with Crippen LogP contribution in [0.2, 0.25) is 0 Å². The number of hydrogen-bond donors (Lipinski definition) is 1. The summed E-state index contributed by atoms with van der Waals surface area (Å²) < 4.78 is 10.9. The Morgan fingerprint density at radius 1 is 1.31 bits per heavy atom. The molecule has 1 fully saturated rings. The number of amides is 1. The van der Waals surface area contributed by atoms with Gasteiger partial charge in [0.15, 0.2) is 11.8 Å². The van der Waals surface area contributed by atoms with Crippen molar-refractivity contribution in [3.8, 4) is 11.8 Å². The molecule has 29 heavy (non-hydrogen) atoms. The second-order valence-corrected chi connectivity index (χ2v) is 7.60. The summed E-state index contributed by atoms with van der Waals surface area (Å²) in [4.78, 5) is 28.6. The van der Waals surface area contributed by atoms with Crippen LogP contribution in [0.25, 0.3) is 6.08 Å². The first-order chi connectivity index (χ1) is 14.0. The van der Waals surface area contributed by atoms with E-state index in [-0.39, 0.29) is 12.5 Å². The summed E-state index contributed by atoms with van der Waals surface area (Å²) >= 11 is 4.58. The molecule has 2 aromatic carbocycles. The normalized spacial score (nSPS) is 15.8. The zero-order chi connectivity index (χ0) is 20.8. The maximum Gasteiger partial charge on any atom is 0.337 e. The summed E-state index contributed by atoms with van der Waals surface area (Å²) in [5, 5.41) is 11.9. The lowest BCUT2D eigenvalue weighted by atomic mass is 10.2. The molecule has 0 aliphatic carbocycles. The van der Waals surface area contributed by atoms with Crippen LogP contribution in [-0.4, -0.2) is 30.8 Å². The van der Waals surface area contributed by atoms with Gasteiger partial charge in [-0.25, -0.2) is 9.79 Å². The van der Waals surface area contributed by atoms with Crippen molar-refractivity contribution in [1.82, 2.24) is 5.32 Å². The molecule has 0 aromatic heterocycles. The number of esters is 1. The highest BCUT2D eigenvalue weighted by Gasteiger charge is 2.24. The van der Waals surface area contributed by atoms with Gasteiger partial charge < -0.3 is 14.8 Å². The van der Waals surface area contributed by atoms with Crippen LogP contribution in [0, 0.1) is 11.3 Å². The number of halogens is 1. The van der Waals surface area contributed by atoms with Crippen molar-refractivity contribution in [2.24, 2.45) is 4.99 Å². The number of ether oxygens (including phenoxy) is 2. The smallest absolute Gasteiger partial charge is 0.337 e. The molecule has 7 nitrogen and oxygen atoms in total. The first-order valence-corrected chi connectivity index (χ1v) is 9.88. The number of amidine groups is 1. The van der Waals surface area contributed by atoms with E-state index in [0.717, 1.165) is 4.47 Å². The van der Waals surface area contributed by atoms with Gasteiger partial charge in [0.05, 0.1) is 23.3 Å². The number of rotatable bonds is 5. The van der Waals surface area contributed by atoms with Gasteiger partial charge in [-0.2, -0.15) is 5.26 Å². The number of carbonyl (C=O) groups excluding carboxylic acids is 2. The Balaban J connectivity index is 1.82. The molecule has 3 rings (SSSR count). The van der Waals surface area contributed by atoms with Crippen molar-refractivity contribution in [3.05, 3.63) is 63.0 Å². The minimum atomic E-state index is -0.429. The van der Waals surface area contributed by atoms with E-state index < -0.39 is 5.97 Å². The third-order valence-corrected chi connectivity index (χ3v) is 5.12. The molecule has 0 atom stereocenters. The summed E-state index contributed by atoms with van der Waals surface area (Å²) in [5.74, 6) is -0.216. The zero-order valence-electron chi connectivity index (χ0n) is 15.1. The second-order valence-electron chi connectivity index (χ2n) is 5.65. The largest absolute Gasteiger partial charge is 0.478 e. The Hall–Kier alpha value is -3.09. The average Bonchev–Trinajstić information content (AvgIpc) is 3.06. The van der Waals surface area contributed by atoms with E-state index in [1.54, 1.807) is 48.5 Å². The lowest BCUT2D eigenvalue weighted by Gasteiger charge is -2.07. The van der Waals surface area contributed by atoms with Gasteiger partial charge in [0.2, 0.25) is 0 Å². The Kier molecular flexibility index (Phi) is 6.69. The van der Waals surface area contributed by atoms with Crippen molar-refractivity contribution >= 4 is 56.5 Å². The van der Waals surface area contributed by atoms with E-state index in [0.29, 0.717) is 32.6 Å². The van der Waals surface area contributed by atoms with Gasteiger partial charge in [0.25, 0.3) is 5.91 Å². The second kappa shape index (κ2) is 9.41. The van der Waals surface area contributed by atoms with Gasteiger partial charge in [0, 0.05) is 10.0 Å². The summed E-state index contributed by atoms with van der Waals surface area (Å²) in [6, 6.07) is 13.8. The Morgan fingerprint density at radius 2 is 2.07 bits per heavy atom. The van der Waals surface area contributed by atoms with E-state index in [9.17, 15) is 9.59 Å². The van der Waals surface area contributed by atoms with Gasteiger partial charge in [-0.1, -0.05) is 15.9 Å². The molecule has 1 aliphatic rings. The van der Waals surface area contributed by atoms with Crippen molar-refractivity contribution in [3.63, 3.8) is 0 Å². The van der Waals surface area contributed by atoms with Gasteiger partial charge >= 0.3 is 5.97 Å². The zero-order valence-corrected chi connectivity index (χ0v) is 17.5. The molecule has 9 heteroatoms. The fraction of sp³-hybridized carbons (Fsp3) is 0.100. The van der Waals surface area contributed by atoms with Crippen molar-refractivity contribution in [2.75, 3.05) is 13.7 Å². The molecule has 0 bridgehead atoms. The fourth-order valence-electron chi connectivity index (χ4n) is 2.40. The summed E-state index contributed by atoms with van der Waals surface area (Å²) in [5.41, 5.74) is 1.66. The van der Waals surface area contributed by atoms with Crippen LogP contribution < -0.4 is 10.1 Å². The third kappa shape index (κ3) is 5.25. The Morgan fingerprint density at radius 3 is 2.76 bits per heavy atom. The van der Waals surface area contributed by atoms with Crippen LogP contribution in [0.3, 0.4) is 0 Å².